The van der Waals surface area contributed by atoms with Crippen LogP contribution in [-0.2, 0) is 0 Å². The molecule has 1 saturated carbocycles. The lowest BCUT2D eigenvalue weighted by atomic mass is 9.79. The van der Waals surface area contributed by atoms with Crippen LogP contribution in [0.25, 0.3) is 0 Å². The van der Waals surface area contributed by atoms with Gasteiger partial charge in [-0.3, -0.25) is 4.79 Å². The van der Waals surface area contributed by atoms with Crippen LogP contribution in [0.4, 0.5) is 0 Å². The van der Waals surface area contributed by atoms with E-state index in [1.165, 1.54) is 12.8 Å². The van der Waals surface area contributed by atoms with Gasteiger partial charge in [-0.1, -0.05) is 43.5 Å². The van der Waals surface area contributed by atoms with Crippen molar-refractivity contribution in [2.45, 2.75) is 32.6 Å². The summed E-state index contributed by atoms with van der Waals surface area (Å²) in [6.45, 7) is 2.23. The number of halogens is 1. The number of ketones is 1. The maximum absolute atomic E-state index is 12.2. The van der Waals surface area contributed by atoms with Gasteiger partial charge in [-0.15, -0.1) is 0 Å². The first kappa shape index (κ1) is 11.7. The summed E-state index contributed by atoms with van der Waals surface area (Å²) in [5.74, 6) is 1.16. The number of hydrogen-bond donors (Lipinski definition) is 0. The molecule has 2 rings (SSSR count). The maximum atomic E-state index is 12.2. The van der Waals surface area contributed by atoms with E-state index in [9.17, 15) is 4.79 Å². The Hall–Kier alpha value is -0.820. The van der Waals surface area contributed by atoms with Crippen molar-refractivity contribution in [3.8, 4) is 0 Å². The van der Waals surface area contributed by atoms with Crippen LogP contribution in [0.15, 0.2) is 24.3 Å². The molecule has 0 radical (unpaired) electrons. The smallest absolute Gasteiger partial charge is 0.166 e. The van der Waals surface area contributed by atoms with Gasteiger partial charge in [-0.2, -0.15) is 0 Å². The molecule has 0 aliphatic heterocycles. The molecular weight excluding hydrogens is 220 g/mol. The van der Waals surface area contributed by atoms with Crippen molar-refractivity contribution in [2.75, 3.05) is 0 Å². The normalized spacial score (nSPS) is 25.4. The number of Topliss-reactive ketones (excluding diaryl/α,β-unsaturated/α-hetero) is 1. The standard InChI is InChI=1S/C14H17ClO/c1-10-4-2-5-11(8-10)14(16)12-6-3-7-13(15)9-12/h3,6-7,9-11H,2,4-5,8H2,1H3. The maximum Gasteiger partial charge on any atom is 0.166 e. The number of hydrogen-bond acceptors (Lipinski definition) is 1. The van der Waals surface area contributed by atoms with Crippen molar-refractivity contribution in [2.24, 2.45) is 11.8 Å². The van der Waals surface area contributed by atoms with E-state index >= 15 is 0 Å². The summed E-state index contributed by atoms with van der Waals surface area (Å²) in [4.78, 5) is 12.2. The van der Waals surface area contributed by atoms with Crippen LogP contribution in [0.3, 0.4) is 0 Å². The predicted octanol–water partition coefficient (Wildman–Crippen LogP) is 4.35. The van der Waals surface area contributed by atoms with Crippen molar-refractivity contribution >= 4 is 17.4 Å². The zero-order valence-electron chi connectivity index (χ0n) is 9.58. The topological polar surface area (TPSA) is 17.1 Å². The molecule has 0 amide bonds. The highest BCUT2D eigenvalue weighted by atomic mass is 35.5. The van der Waals surface area contributed by atoms with E-state index in [2.05, 4.69) is 6.92 Å². The van der Waals surface area contributed by atoms with Gasteiger partial charge in [0, 0.05) is 16.5 Å². The first-order chi connectivity index (χ1) is 7.66. The fraction of sp³-hybridized carbons (Fsp3) is 0.500. The molecule has 2 atom stereocenters. The zero-order chi connectivity index (χ0) is 11.5. The van der Waals surface area contributed by atoms with Crippen LogP contribution in [0.1, 0.15) is 43.0 Å². The molecule has 0 spiro atoms. The Bertz CT molecular complexity index is 386. The summed E-state index contributed by atoms with van der Waals surface area (Å²) in [5, 5.41) is 0.648. The van der Waals surface area contributed by atoms with E-state index in [-0.39, 0.29) is 11.7 Å². The average molecular weight is 237 g/mol. The molecule has 1 nitrogen and oxygen atoms in total. The highest BCUT2D eigenvalue weighted by Crippen LogP contribution is 2.31. The lowest BCUT2D eigenvalue weighted by Gasteiger charge is -2.25. The van der Waals surface area contributed by atoms with Gasteiger partial charge in [0.15, 0.2) is 5.78 Å². The van der Waals surface area contributed by atoms with Gasteiger partial charge in [0.25, 0.3) is 0 Å². The van der Waals surface area contributed by atoms with Gasteiger partial charge in [0.05, 0.1) is 0 Å². The number of benzene rings is 1. The molecule has 0 aromatic heterocycles. The molecule has 0 heterocycles. The third-order valence-electron chi connectivity index (χ3n) is 3.42. The van der Waals surface area contributed by atoms with Crippen LogP contribution in [0.2, 0.25) is 5.02 Å². The molecule has 86 valence electrons. The van der Waals surface area contributed by atoms with Gasteiger partial charge in [0.2, 0.25) is 0 Å². The summed E-state index contributed by atoms with van der Waals surface area (Å²) < 4.78 is 0. The third kappa shape index (κ3) is 2.65. The van der Waals surface area contributed by atoms with Crippen LogP contribution in [0.5, 0.6) is 0 Å². The second kappa shape index (κ2) is 5.01. The van der Waals surface area contributed by atoms with E-state index in [4.69, 9.17) is 11.6 Å². The first-order valence-electron chi connectivity index (χ1n) is 5.96. The van der Waals surface area contributed by atoms with E-state index < -0.39 is 0 Å². The predicted molar refractivity (Wildman–Crippen MR) is 66.9 cm³/mol. The molecule has 0 saturated heterocycles. The van der Waals surface area contributed by atoms with Crippen molar-refractivity contribution in [1.82, 2.24) is 0 Å². The molecule has 1 aromatic carbocycles. The molecular formula is C14H17ClO. The van der Waals surface area contributed by atoms with Crippen LogP contribution >= 0.6 is 11.6 Å². The highest BCUT2D eigenvalue weighted by molar-refractivity contribution is 6.31. The van der Waals surface area contributed by atoms with E-state index in [1.54, 1.807) is 6.07 Å². The van der Waals surface area contributed by atoms with Gasteiger partial charge in [-0.25, -0.2) is 0 Å². The zero-order valence-corrected chi connectivity index (χ0v) is 10.3. The minimum absolute atomic E-state index is 0.210. The summed E-state index contributed by atoms with van der Waals surface area (Å²) in [5.41, 5.74) is 0.770. The average Bonchev–Trinajstić information content (AvgIpc) is 2.28. The number of rotatable bonds is 2. The summed E-state index contributed by atoms with van der Waals surface area (Å²) in [7, 11) is 0. The van der Waals surface area contributed by atoms with E-state index in [0.29, 0.717) is 10.9 Å². The molecule has 1 aromatic rings. The molecule has 1 fully saturated rings. The SMILES string of the molecule is CC1CCCC(C(=O)c2cccc(Cl)c2)C1. The van der Waals surface area contributed by atoms with Gasteiger partial charge < -0.3 is 0 Å². The Morgan fingerprint density at radius 3 is 2.88 bits per heavy atom. The molecule has 0 bridgehead atoms. The molecule has 0 N–H and O–H groups in total. The number of carbonyl (C=O) groups excluding carboxylic acids is 1. The van der Waals surface area contributed by atoms with Crippen LogP contribution < -0.4 is 0 Å². The minimum Gasteiger partial charge on any atom is -0.294 e. The molecule has 1 aliphatic carbocycles. The second-order valence-electron chi connectivity index (χ2n) is 4.84. The fourth-order valence-corrected chi connectivity index (χ4v) is 2.74. The quantitative estimate of drug-likeness (QED) is 0.698. The van der Waals surface area contributed by atoms with Crippen molar-refractivity contribution in [3.05, 3.63) is 34.9 Å². The lowest BCUT2D eigenvalue weighted by molar-refractivity contribution is 0.0868. The van der Waals surface area contributed by atoms with Crippen molar-refractivity contribution in [3.63, 3.8) is 0 Å². The highest BCUT2D eigenvalue weighted by Gasteiger charge is 2.25. The first-order valence-corrected chi connectivity index (χ1v) is 6.34. The third-order valence-corrected chi connectivity index (χ3v) is 3.65. The van der Waals surface area contributed by atoms with Gasteiger partial charge >= 0.3 is 0 Å². The minimum atomic E-state index is 0.210. The Kier molecular flexibility index (Phi) is 3.65. The van der Waals surface area contributed by atoms with Crippen LogP contribution in [-0.4, -0.2) is 5.78 Å². The molecule has 2 unspecified atom stereocenters. The Morgan fingerprint density at radius 1 is 1.38 bits per heavy atom. The number of carbonyl (C=O) groups is 1. The monoisotopic (exact) mass is 236 g/mol. The molecule has 2 heteroatoms. The second-order valence-corrected chi connectivity index (χ2v) is 5.28. The lowest BCUT2D eigenvalue weighted by Crippen LogP contribution is -2.21. The van der Waals surface area contributed by atoms with Gasteiger partial charge in [0.1, 0.15) is 0 Å². The Balaban J connectivity index is 2.12. The van der Waals surface area contributed by atoms with E-state index in [1.807, 2.05) is 18.2 Å². The Labute approximate surface area is 102 Å². The summed E-state index contributed by atoms with van der Waals surface area (Å²) >= 11 is 5.90. The van der Waals surface area contributed by atoms with Crippen molar-refractivity contribution in [1.29, 1.82) is 0 Å². The summed E-state index contributed by atoms with van der Waals surface area (Å²) in [6, 6.07) is 7.31. The molecule has 1 aliphatic rings. The molecule has 16 heavy (non-hydrogen) atoms. The fourth-order valence-electron chi connectivity index (χ4n) is 2.55. The van der Waals surface area contributed by atoms with E-state index in [0.717, 1.165) is 18.4 Å². The van der Waals surface area contributed by atoms with Gasteiger partial charge in [-0.05, 0) is 30.9 Å². The largest absolute Gasteiger partial charge is 0.294 e. The van der Waals surface area contributed by atoms with Crippen molar-refractivity contribution < 1.29 is 4.79 Å². The summed E-state index contributed by atoms with van der Waals surface area (Å²) in [6.07, 6.45) is 4.51. The van der Waals surface area contributed by atoms with Crippen LogP contribution in [0, 0.1) is 11.8 Å². The Morgan fingerprint density at radius 2 is 2.19 bits per heavy atom.